The molecule has 0 bridgehead atoms. The Kier molecular flexibility index (Phi) is 6.60. The molecule has 3 amide bonds. The van der Waals surface area contributed by atoms with Gasteiger partial charge in [0.05, 0.1) is 18.3 Å². The lowest BCUT2D eigenvalue weighted by Gasteiger charge is -2.24. The van der Waals surface area contributed by atoms with Gasteiger partial charge < -0.3 is 4.74 Å². The second kappa shape index (κ2) is 9.36. The van der Waals surface area contributed by atoms with Gasteiger partial charge >= 0.3 is 0 Å². The average molecular weight is 492 g/mol. The summed E-state index contributed by atoms with van der Waals surface area (Å²) in [7, 11) is 0. The van der Waals surface area contributed by atoms with Gasteiger partial charge in [0, 0.05) is 47.8 Å². The van der Waals surface area contributed by atoms with Gasteiger partial charge in [0.1, 0.15) is 0 Å². The second-order valence-electron chi connectivity index (χ2n) is 7.35. The molecule has 0 unspecified atom stereocenters. The van der Waals surface area contributed by atoms with Crippen LogP contribution in [-0.4, -0.2) is 53.4 Å². The molecule has 30 heavy (non-hydrogen) atoms. The van der Waals surface area contributed by atoms with E-state index in [0.717, 1.165) is 28.6 Å². The molecule has 0 aliphatic carbocycles. The van der Waals surface area contributed by atoms with E-state index in [0.29, 0.717) is 18.3 Å². The fourth-order valence-electron chi connectivity index (χ4n) is 3.63. The number of hydrogen-bond acceptors (Lipinski definition) is 6. The van der Waals surface area contributed by atoms with Gasteiger partial charge in [0.25, 0.3) is 0 Å². The predicted octanol–water partition coefficient (Wildman–Crippen LogP) is 3.62. The monoisotopic (exact) mass is 491 g/mol. The first-order chi connectivity index (χ1) is 14.5. The summed E-state index contributed by atoms with van der Waals surface area (Å²) >= 11 is 4.84. The van der Waals surface area contributed by atoms with E-state index in [1.165, 1.54) is 16.2 Å². The van der Waals surface area contributed by atoms with Crippen LogP contribution in [0.15, 0.2) is 34.1 Å². The van der Waals surface area contributed by atoms with Crippen LogP contribution in [0, 0.1) is 0 Å². The largest absolute Gasteiger partial charge is 0.376 e. The van der Waals surface area contributed by atoms with Crippen molar-refractivity contribution in [1.82, 2.24) is 9.88 Å². The highest BCUT2D eigenvalue weighted by atomic mass is 79.9. The number of amides is 3. The molecule has 1 aromatic heterocycles. The standard InChI is InChI=1S/C21H22BrN3O4S/c22-15-5-3-14(4-6-15)17-13-30-21(23-17)25(12-16-2-1-11-29-16)20(28)9-10-24-18(26)7-8-19(24)27/h3-6,13,16H,1-2,7-12H2/t16-/m0/s1. The van der Waals surface area contributed by atoms with Crippen LogP contribution in [0.2, 0.25) is 0 Å². The fourth-order valence-corrected chi connectivity index (χ4v) is 4.76. The lowest BCUT2D eigenvalue weighted by molar-refractivity contribution is -0.138. The second-order valence-corrected chi connectivity index (χ2v) is 9.10. The lowest BCUT2D eigenvalue weighted by atomic mass is 10.2. The Morgan fingerprint density at radius 2 is 1.97 bits per heavy atom. The number of likely N-dealkylation sites (tertiary alicyclic amines) is 1. The van der Waals surface area contributed by atoms with Crippen molar-refractivity contribution >= 4 is 50.1 Å². The molecule has 2 aliphatic heterocycles. The number of carbonyl (C=O) groups excluding carboxylic acids is 3. The summed E-state index contributed by atoms with van der Waals surface area (Å²) in [5, 5.41) is 2.54. The van der Waals surface area contributed by atoms with Crippen LogP contribution in [0.1, 0.15) is 32.1 Å². The highest BCUT2D eigenvalue weighted by Gasteiger charge is 2.31. The van der Waals surface area contributed by atoms with Crippen molar-refractivity contribution < 1.29 is 19.1 Å². The average Bonchev–Trinajstić information content (AvgIpc) is 3.48. The van der Waals surface area contributed by atoms with Crippen molar-refractivity contribution in [3.8, 4) is 11.3 Å². The summed E-state index contributed by atoms with van der Waals surface area (Å²) in [6.07, 6.45) is 2.40. The van der Waals surface area contributed by atoms with E-state index < -0.39 is 0 Å². The number of aromatic nitrogens is 1. The summed E-state index contributed by atoms with van der Waals surface area (Å²) < 4.78 is 6.72. The van der Waals surface area contributed by atoms with E-state index in [9.17, 15) is 14.4 Å². The van der Waals surface area contributed by atoms with Gasteiger partial charge in [0.2, 0.25) is 17.7 Å². The van der Waals surface area contributed by atoms with Crippen LogP contribution in [0.4, 0.5) is 5.13 Å². The molecular weight excluding hydrogens is 470 g/mol. The molecule has 1 atom stereocenters. The van der Waals surface area contributed by atoms with Crippen molar-refractivity contribution in [3.63, 3.8) is 0 Å². The SMILES string of the molecule is O=C1CCC(=O)N1CCC(=O)N(C[C@@H]1CCCO1)c1nc(-c2ccc(Br)cc2)cs1. The van der Waals surface area contributed by atoms with Crippen LogP contribution in [0.3, 0.4) is 0 Å². The Balaban J connectivity index is 1.50. The van der Waals surface area contributed by atoms with E-state index in [1.54, 1.807) is 4.90 Å². The number of rotatable bonds is 7. The molecule has 0 N–H and O–H groups in total. The van der Waals surface area contributed by atoms with Crippen molar-refractivity contribution in [3.05, 3.63) is 34.1 Å². The zero-order valence-electron chi connectivity index (χ0n) is 16.4. The molecule has 2 saturated heterocycles. The number of anilines is 1. The maximum absolute atomic E-state index is 13.1. The van der Waals surface area contributed by atoms with Crippen molar-refractivity contribution in [2.75, 3.05) is 24.6 Å². The summed E-state index contributed by atoms with van der Waals surface area (Å²) in [6.45, 7) is 1.24. The van der Waals surface area contributed by atoms with Gasteiger partial charge in [-0.2, -0.15) is 0 Å². The van der Waals surface area contributed by atoms with Gasteiger partial charge in [-0.05, 0) is 25.0 Å². The number of halogens is 1. The molecular formula is C21H22BrN3O4S. The van der Waals surface area contributed by atoms with Crippen molar-refractivity contribution in [2.24, 2.45) is 0 Å². The van der Waals surface area contributed by atoms with Gasteiger partial charge in [-0.15, -0.1) is 11.3 Å². The van der Waals surface area contributed by atoms with Gasteiger partial charge in [-0.3, -0.25) is 24.2 Å². The Hall–Kier alpha value is -2.10. The summed E-state index contributed by atoms with van der Waals surface area (Å²) in [4.78, 5) is 44.3. The molecule has 4 rings (SSSR count). The molecule has 0 saturated carbocycles. The number of thiazole rings is 1. The molecule has 2 aliphatic rings. The molecule has 0 radical (unpaired) electrons. The van der Waals surface area contributed by atoms with E-state index >= 15 is 0 Å². The molecule has 158 valence electrons. The number of ether oxygens (including phenoxy) is 1. The first kappa shape index (κ1) is 21.1. The third kappa shape index (κ3) is 4.79. The smallest absolute Gasteiger partial charge is 0.230 e. The molecule has 0 spiro atoms. The molecule has 7 nitrogen and oxygen atoms in total. The third-order valence-corrected chi connectivity index (χ3v) is 6.67. The maximum atomic E-state index is 13.1. The zero-order valence-corrected chi connectivity index (χ0v) is 18.8. The normalized spacial score (nSPS) is 19.0. The van der Waals surface area contributed by atoms with Crippen LogP contribution >= 0.6 is 27.3 Å². The first-order valence-corrected chi connectivity index (χ1v) is 11.6. The van der Waals surface area contributed by atoms with E-state index in [-0.39, 0.29) is 49.6 Å². The number of hydrogen-bond donors (Lipinski definition) is 0. The zero-order chi connectivity index (χ0) is 21.1. The molecule has 2 fully saturated rings. The Bertz CT molecular complexity index is 924. The Morgan fingerprint density at radius 3 is 2.63 bits per heavy atom. The van der Waals surface area contributed by atoms with E-state index in [2.05, 4.69) is 20.9 Å². The topological polar surface area (TPSA) is 79.8 Å². The van der Waals surface area contributed by atoms with Gasteiger partial charge in [-0.1, -0.05) is 28.1 Å². The van der Waals surface area contributed by atoms with Crippen LogP contribution in [0.5, 0.6) is 0 Å². The number of imide groups is 1. The minimum atomic E-state index is -0.203. The third-order valence-electron chi connectivity index (χ3n) is 5.28. The quantitative estimate of drug-likeness (QED) is 0.552. The number of nitrogens with zero attached hydrogens (tertiary/aromatic N) is 3. The van der Waals surface area contributed by atoms with E-state index in [1.807, 2.05) is 29.6 Å². The molecule has 2 aromatic rings. The molecule has 3 heterocycles. The summed E-state index contributed by atoms with van der Waals surface area (Å²) in [6, 6.07) is 7.85. The number of benzene rings is 1. The fraction of sp³-hybridized carbons (Fsp3) is 0.429. The highest BCUT2D eigenvalue weighted by molar-refractivity contribution is 9.10. The lowest BCUT2D eigenvalue weighted by Crippen LogP contribution is -2.40. The predicted molar refractivity (Wildman–Crippen MR) is 117 cm³/mol. The maximum Gasteiger partial charge on any atom is 0.230 e. The van der Waals surface area contributed by atoms with Crippen molar-refractivity contribution in [1.29, 1.82) is 0 Å². The Labute approximate surface area is 187 Å². The number of carbonyl (C=O) groups is 3. The first-order valence-electron chi connectivity index (χ1n) is 9.98. The van der Waals surface area contributed by atoms with Crippen LogP contribution in [0.25, 0.3) is 11.3 Å². The highest BCUT2D eigenvalue weighted by Crippen LogP contribution is 2.30. The molecule has 1 aromatic carbocycles. The summed E-state index contributed by atoms with van der Waals surface area (Å²) in [5.74, 6) is -0.565. The molecule has 9 heteroatoms. The van der Waals surface area contributed by atoms with Crippen molar-refractivity contribution in [2.45, 2.75) is 38.2 Å². The van der Waals surface area contributed by atoms with Crippen LogP contribution in [-0.2, 0) is 19.1 Å². The van der Waals surface area contributed by atoms with E-state index in [4.69, 9.17) is 4.74 Å². The Morgan fingerprint density at radius 1 is 1.23 bits per heavy atom. The van der Waals surface area contributed by atoms with Crippen LogP contribution < -0.4 is 4.90 Å². The minimum absolute atomic E-state index is 0.0240. The minimum Gasteiger partial charge on any atom is -0.376 e. The van der Waals surface area contributed by atoms with Gasteiger partial charge in [-0.25, -0.2) is 4.98 Å². The van der Waals surface area contributed by atoms with Gasteiger partial charge in [0.15, 0.2) is 5.13 Å². The summed E-state index contributed by atoms with van der Waals surface area (Å²) in [5.41, 5.74) is 1.77.